The van der Waals surface area contributed by atoms with Gasteiger partial charge in [0.2, 0.25) is 15.9 Å². The second-order valence-corrected chi connectivity index (χ2v) is 7.94. The van der Waals surface area contributed by atoms with E-state index in [-0.39, 0.29) is 17.6 Å². The number of carbonyl (C=O) groups excluding carboxylic acids is 1. The fraction of sp³-hybridized carbons (Fsp3) is 0.923. The zero-order valence-electron chi connectivity index (χ0n) is 12.1. The van der Waals surface area contributed by atoms with Crippen LogP contribution in [0.2, 0.25) is 0 Å². The Bertz CT molecular complexity index is 438. The summed E-state index contributed by atoms with van der Waals surface area (Å²) in [5.41, 5.74) is 5.32. The molecule has 0 bridgehead atoms. The summed E-state index contributed by atoms with van der Waals surface area (Å²) in [4.78, 5) is 13.4. The van der Waals surface area contributed by atoms with Gasteiger partial charge in [0.05, 0.1) is 5.75 Å². The van der Waals surface area contributed by atoms with Crippen LogP contribution in [0.25, 0.3) is 0 Å². The van der Waals surface area contributed by atoms with Crippen molar-refractivity contribution >= 4 is 15.9 Å². The molecule has 7 heteroatoms. The van der Waals surface area contributed by atoms with Gasteiger partial charge < -0.3 is 5.73 Å². The smallest absolute Gasteiger partial charge is 0.220 e. The molecule has 2 saturated heterocycles. The zero-order valence-corrected chi connectivity index (χ0v) is 12.9. The molecule has 2 rings (SSSR count). The van der Waals surface area contributed by atoms with E-state index >= 15 is 0 Å². The number of likely N-dealkylation sites (tertiary alicyclic amines) is 1. The van der Waals surface area contributed by atoms with Crippen LogP contribution in [0.5, 0.6) is 0 Å². The van der Waals surface area contributed by atoms with E-state index in [0.717, 1.165) is 38.8 Å². The van der Waals surface area contributed by atoms with Gasteiger partial charge in [-0.2, -0.15) is 4.31 Å². The first-order valence-electron chi connectivity index (χ1n) is 7.45. The monoisotopic (exact) mass is 303 g/mol. The number of amides is 1. The quantitative estimate of drug-likeness (QED) is 0.748. The molecule has 116 valence electrons. The first-order chi connectivity index (χ1) is 9.44. The topological polar surface area (TPSA) is 83.7 Å². The number of sulfonamides is 1. The second-order valence-electron chi connectivity index (χ2n) is 5.85. The van der Waals surface area contributed by atoms with E-state index in [4.69, 9.17) is 5.73 Å². The fourth-order valence-electron chi connectivity index (χ4n) is 2.88. The molecule has 0 aliphatic carbocycles. The number of rotatable bonds is 6. The molecule has 2 N–H and O–H groups in total. The van der Waals surface area contributed by atoms with Crippen LogP contribution in [0.1, 0.15) is 32.6 Å². The van der Waals surface area contributed by atoms with Gasteiger partial charge in [0.15, 0.2) is 0 Å². The average Bonchev–Trinajstić information content (AvgIpc) is 2.35. The number of nitrogens with zero attached hydrogens (tertiary/aromatic N) is 2. The number of carbonyl (C=O) groups is 1. The summed E-state index contributed by atoms with van der Waals surface area (Å²) < 4.78 is 25.6. The van der Waals surface area contributed by atoms with Gasteiger partial charge in [-0.25, -0.2) is 8.42 Å². The number of piperidine rings is 1. The minimum absolute atomic E-state index is 0.00397. The van der Waals surface area contributed by atoms with Gasteiger partial charge in [0.25, 0.3) is 0 Å². The lowest BCUT2D eigenvalue weighted by molar-refractivity contribution is -0.123. The molecule has 0 atom stereocenters. The molecule has 2 fully saturated rings. The van der Waals surface area contributed by atoms with Crippen molar-refractivity contribution in [1.82, 2.24) is 9.21 Å². The zero-order chi connectivity index (χ0) is 14.8. The van der Waals surface area contributed by atoms with Gasteiger partial charge in [0, 0.05) is 25.0 Å². The summed E-state index contributed by atoms with van der Waals surface area (Å²) in [7, 11) is -3.05. The van der Waals surface area contributed by atoms with E-state index in [1.54, 1.807) is 4.31 Å². The van der Waals surface area contributed by atoms with E-state index < -0.39 is 10.0 Å². The van der Waals surface area contributed by atoms with E-state index in [1.807, 2.05) is 6.92 Å². The van der Waals surface area contributed by atoms with Crippen molar-refractivity contribution in [2.24, 2.45) is 11.7 Å². The molecule has 2 heterocycles. The number of nitrogens with two attached hydrogens (primary N) is 1. The third kappa shape index (κ3) is 3.51. The van der Waals surface area contributed by atoms with Gasteiger partial charge in [-0.3, -0.25) is 9.69 Å². The molecule has 2 aliphatic rings. The fourth-order valence-corrected chi connectivity index (χ4v) is 4.59. The Balaban J connectivity index is 1.76. The molecule has 2 aliphatic heterocycles. The summed E-state index contributed by atoms with van der Waals surface area (Å²) >= 11 is 0. The van der Waals surface area contributed by atoms with Crippen LogP contribution in [0.15, 0.2) is 0 Å². The van der Waals surface area contributed by atoms with Crippen molar-refractivity contribution in [2.45, 2.75) is 38.6 Å². The van der Waals surface area contributed by atoms with Crippen molar-refractivity contribution in [3.8, 4) is 0 Å². The van der Waals surface area contributed by atoms with Gasteiger partial charge in [-0.1, -0.05) is 13.3 Å². The molecule has 0 aromatic rings. The van der Waals surface area contributed by atoms with Crippen molar-refractivity contribution < 1.29 is 13.2 Å². The highest BCUT2D eigenvalue weighted by Gasteiger charge is 2.39. The second kappa shape index (κ2) is 6.41. The molecular weight excluding hydrogens is 278 g/mol. The molecule has 6 nitrogen and oxygen atoms in total. The lowest BCUT2D eigenvalue weighted by Gasteiger charge is -2.46. The minimum atomic E-state index is -3.05. The predicted molar refractivity (Wildman–Crippen MR) is 77.5 cm³/mol. The largest absolute Gasteiger partial charge is 0.369 e. The Kier molecular flexibility index (Phi) is 5.04. The minimum Gasteiger partial charge on any atom is -0.369 e. The van der Waals surface area contributed by atoms with Gasteiger partial charge in [-0.05, 0) is 32.4 Å². The summed E-state index contributed by atoms with van der Waals surface area (Å²) in [6.07, 6.45) is 3.23. The maximum Gasteiger partial charge on any atom is 0.220 e. The Morgan fingerprint density at radius 3 is 2.35 bits per heavy atom. The van der Waals surface area contributed by atoms with Crippen molar-refractivity contribution in [1.29, 1.82) is 0 Å². The molecule has 0 aromatic carbocycles. The molecule has 0 saturated carbocycles. The molecular formula is C13H25N3O3S. The van der Waals surface area contributed by atoms with Crippen molar-refractivity contribution in [3.05, 3.63) is 0 Å². The van der Waals surface area contributed by atoms with Crippen molar-refractivity contribution in [2.75, 3.05) is 31.9 Å². The van der Waals surface area contributed by atoms with Crippen molar-refractivity contribution in [3.63, 3.8) is 0 Å². The van der Waals surface area contributed by atoms with Crippen LogP contribution < -0.4 is 5.73 Å². The van der Waals surface area contributed by atoms with Crippen LogP contribution >= 0.6 is 0 Å². The average molecular weight is 303 g/mol. The van der Waals surface area contributed by atoms with Gasteiger partial charge in [-0.15, -0.1) is 0 Å². The molecule has 0 aromatic heterocycles. The highest BCUT2D eigenvalue weighted by Crippen LogP contribution is 2.25. The maximum absolute atomic E-state index is 12.0. The molecule has 1 amide bonds. The van der Waals surface area contributed by atoms with Crippen LogP contribution in [-0.4, -0.2) is 61.5 Å². The summed E-state index contributed by atoms with van der Waals surface area (Å²) in [6.45, 7) is 4.90. The van der Waals surface area contributed by atoms with Crippen LogP contribution in [0.3, 0.4) is 0 Å². The highest BCUT2D eigenvalue weighted by molar-refractivity contribution is 7.89. The lowest BCUT2D eigenvalue weighted by atomic mass is 9.94. The maximum atomic E-state index is 12.0. The Morgan fingerprint density at radius 1 is 1.25 bits per heavy atom. The van der Waals surface area contributed by atoms with E-state index in [2.05, 4.69) is 4.90 Å². The molecule has 20 heavy (non-hydrogen) atoms. The molecule has 0 spiro atoms. The number of hydrogen-bond donors (Lipinski definition) is 1. The highest BCUT2D eigenvalue weighted by atomic mass is 32.2. The normalized spacial score (nSPS) is 23.6. The van der Waals surface area contributed by atoms with Crippen LogP contribution in [-0.2, 0) is 14.8 Å². The van der Waals surface area contributed by atoms with Crippen LogP contribution in [0, 0.1) is 5.92 Å². The number of hydrogen-bond acceptors (Lipinski definition) is 4. The SMILES string of the molecule is CCCCS(=O)(=O)N1CC(N2CCC(C(N)=O)CC2)C1. The first-order valence-corrected chi connectivity index (χ1v) is 9.06. The van der Waals surface area contributed by atoms with Gasteiger partial charge in [0.1, 0.15) is 0 Å². The summed E-state index contributed by atoms with van der Waals surface area (Å²) in [5, 5.41) is 0. The number of unbranched alkanes of at least 4 members (excludes halogenated alkanes) is 1. The first kappa shape index (κ1) is 15.7. The Hall–Kier alpha value is -0.660. The molecule has 0 radical (unpaired) electrons. The van der Waals surface area contributed by atoms with E-state index in [9.17, 15) is 13.2 Å². The third-order valence-corrected chi connectivity index (χ3v) is 6.32. The third-order valence-electron chi connectivity index (χ3n) is 4.43. The Morgan fingerprint density at radius 2 is 1.85 bits per heavy atom. The van der Waals surface area contributed by atoms with Crippen LogP contribution in [0.4, 0.5) is 0 Å². The van der Waals surface area contributed by atoms with Gasteiger partial charge >= 0.3 is 0 Å². The standard InChI is InChI=1S/C13H25N3O3S/c1-2-3-8-20(18,19)16-9-12(10-16)15-6-4-11(5-7-15)13(14)17/h11-12H,2-10H2,1H3,(H2,14,17). The number of primary amides is 1. The van der Waals surface area contributed by atoms with E-state index in [0.29, 0.717) is 19.1 Å². The molecule has 0 unspecified atom stereocenters. The summed E-state index contributed by atoms with van der Waals surface area (Å²) in [6, 6.07) is 0.320. The van der Waals surface area contributed by atoms with E-state index in [1.165, 1.54) is 0 Å². The lowest BCUT2D eigenvalue weighted by Crippen LogP contribution is -2.62. The predicted octanol–water partition coefficient (Wildman–Crippen LogP) is -0.00220. The summed E-state index contributed by atoms with van der Waals surface area (Å²) in [5.74, 6) is 0.0534. The Labute approximate surface area is 121 Å².